The van der Waals surface area contributed by atoms with Crippen molar-refractivity contribution in [2.24, 2.45) is 0 Å². The summed E-state index contributed by atoms with van der Waals surface area (Å²) in [6.45, 7) is 1.84. The van der Waals surface area contributed by atoms with E-state index in [-0.39, 0.29) is 12.5 Å². The maximum absolute atomic E-state index is 10.4. The zero-order chi connectivity index (χ0) is 7.28. The number of rotatable bonds is 2. The summed E-state index contributed by atoms with van der Waals surface area (Å²) in [5.41, 5.74) is 0. The molecule has 0 aliphatic heterocycles. The number of carbonyl (C=O) groups excluding carboxylic acids is 1. The van der Waals surface area contributed by atoms with Crippen molar-refractivity contribution in [3.05, 3.63) is 0 Å². The van der Waals surface area contributed by atoms with E-state index in [1.165, 1.54) is 0 Å². The fraction of sp³-hybridized carbons (Fsp3) is 0.500. The summed E-state index contributed by atoms with van der Waals surface area (Å²) in [6.07, 6.45) is 0. The molecule has 0 spiro atoms. The van der Waals surface area contributed by atoms with Gasteiger partial charge in [0.25, 0.3) is 0 Å². The molecule has 0 rings (SSSR count). The van der Waals surface area contributed by atoms with Gasteiger partial charge in [0.05, 0.1) is 14.5 Å². The second-order valence-electron chi connectivity index (χ2n) is 1.40. The molecule has 5 heteroatoms. The minimum Gasteiger partial charge on any atom is -0.450 e. The highest BCUT2D eigenvalue weighted by Gasteiger charge is 1.96. The maximum Gasteiger partial charge on any atom is 0.327 e. The molecule has 0 aromatic carbocycles. The molecule has 0 amide bonds. The Morgan fingerprint density at radius 2 is 2.44 bits per heavy atom. The SMILES string of the molecule is CC(=S)NCC(=O)OP. The minimum atomic E-state index is -0.343. The van der Waals surface area contributed by atoms with Crippen LogP contribution in [-0.4, -0.2) is 17.5 Å². The molecule has 0 saturated carbocycles. The lowest BCUT2D eigenvalue weighted by molar-refractivity contribution is -0.131. The van der Waals surface area contributed by atoms with Crippen molar-refractivity contribution in [3.8, 4) is 0 Å². The van der Waals surface area contributed by atoms with E-state index in [1.807, 2.05) is 9.47 Å². The molecule has 0 aromatic heterocycles. The van der Waals surface area contributed by atoms with E-state index in [9.17, 15) is 4.79 Å². The smallest absolute Gasteiger partial charge is 0.327 e. The van der Waals surface area contributed by atoms with Crippen LogP contribution >= 0.6 is 21.7 Å². The molecule has 3 nitrogen and oxygen atoms in total. The van der Waals surface area contributed by atoms with Gasteiger partial charge in [0, 0.05) is 0 Å². The number of hydrogen-bond acceptors (Lipinski definition) is 3. The predicted octanol–water partition coefficient (Wildman–Crippen LogP) is 0.257. The molecule has 0 aliphatic rings. The molecule has 0 fully saturated rings. The molecule has 1 unspecified atom stereocenters. The zero-order valence-corrected chi connectivity index (χ0v) is 6.98. The molecule has 0 heterocycles. The second-order valence-corrected chi connectivity index (χ2v) is 2.25. The summed E-state index contributed by atoms with van der Waals surface area (Å²) < 4.78 is 4.26. The van der Waals surface area contributed by atoms with Crippen molar-refractivity contribution in [1.29, 1.82) is 0 Å². The van der Waals surface area contributed by atoms with Gasteiger partial charge in [-0.15, -0.1) is 0 Å². The van der Waals surface area contributed by atoms with Crippen LogP contribution in [-0.2, 0) is 9.32 Å². The lowest BCUT2D eigenvalue weighted by atomic mass is 10.6. The van der Waals surface area contributed by atoms with Gasteiger partial charge in [0.1, 0.15) is 6.54 Å². The van der Waals surface area contributed by atoms with Crippen LogP contribution in [0.2, 0.25) is 0 Å². The first-order valence-electron chi connectivity index (χ1n) is 2.31. The van der Waals surface area contributed by atoms with Crippen molar-refractivity contribution >= 4 is 32.6 Å². The van der Waals surface area contributed by atoms with E-state index >= 15 is 0 Å². The number of carbonyl (C=O) groups is 1. The number of hydrogen-bond donors (Lipinski definition) is 1. The van der Waals surface area contributed by atoms with Gasteiger partial charge < -0.3 is 9.84 Å². The first kappa shape index (κ1) is 8.79. The van der Waals surface area contributed by atoms with Crippen LogP contribution in [0.3, 0.4) is 0 Å². The second kappa shape index (κ2) is 4.65. The average molecular weight is 165 g/mol. The summed E-state index contributed by atoms with van der Waals surface area (Å²) in [7, 11) is 1.87. The van der Waals surface area contributed by atoms with E-state index in [0.29, 0.717) is 4.99 Å². The quantitative estimate of drug-likeness (QED) is 0.470. The highest BCUT2D eigenvalue weighted by Crippen LogP contribution is 1.83. The van der Waals surface area contributed by atoms with Crippen LogP contribution in [0.4, 0.5) is 0 Å². The van der Waals surface area contributed by atoms with Crippen molar-refractivity contribution in [3.63, 3.8) is 0 Å². The van der Waals surface area contributed by atoms with Crippen LogP contribution in [0, 0.1) is 0 Å². The topological polar surface area (TPSA) is 38.3 Å². The highest BCUT2D eigenvalue weighted by molar-refractivity contribution is 7.80. The molecule has 0 bridgehead atoms. The average Bonchev–Trinajstić information content (AvgIpc) is 1.83. The molecule has 1 N–H and O–H groups in total. The molecule has 1 atom stereocenters. The van der Waals surface area contributed by atoms with E-state index in [4.69, 9.17) is 0 Å². The fourth-order valence-electron chi connectivity index (χ4n) is 0.238. The van der Waals surface area contributed by atoms with Gasteiger partial charge in [-0.05, 0) is 6.92 Å². The van der Waals surface area contributed by atoms with E-state index in [0.717, 1.165) is 0 Å². The molecule has 52 valence electrons. The summed E-state index contributed by atoms with van der Waals surface area (Å²) in [4.78, 5) is 10.9. The Balaban J connectivity index is 3.28. The lowest BCUT2D eigenvalue weighted by Crippen LogP contribution is -2.25. The molecule has 0 aliphatic carbocycles. The molecule has 9 heavy (non-hydrogen) atoms. The lowest BCUT2D eigenvalue weighted by Gasteiger charge is -1.99. The van der Waals surface area contributed by atoms with Crippen molar-refractivity contribution in [2.45, 2.75) is 6.92 Å². The molecule has 0 aromatic rings. The van der Waals surface area contributed by atoms with Crippen LogP contribution in [0.1, 0.15) is 6.92 Å². The van der Waals surface area contributed by atoms with Gasteiger partial charge in [0.2, 0.25) is 0 Å². The molecule has 0 radical (unpaired) electrons. The normalized spacial score (nSPS) is 8.22. The maximum atomic E-state index is 10.4. The summed E-state index contributed by atoms with van der Waals surface area (Å²) in [5.74, 6) is -0.343. The van der Waals surface area contributed by atoms with Crippen LogP contribution in [0.25, 0.3) is 0 Å². The van der Waals surface area contributed by atoms with E-state index < -0.39 is 0 Å². The van der Waals surface area contributed by atoms with Crippen molar-refractivity contribution in [1.82, 2.24) is 5.32 Å². The van der Waals surface area contributed by atoms with Crippen LogP contribution in [0.15, 0.2) is 0 Å². The zero-order valence-electron chi connectivity index (χ0n) is 5.01. The standard InChI is InChI=1S/C4H8NO2PS/c1-3(9)5-2-4(6)7-8/h2,8H2,1H3,(H,5,9). The van der Waals surface area contributed by atoms with Crippen molar-refractivity contribution < 1.29 is 9.32 Å². The highest BCUT2D eigenvalue weighted by atomic mass is 32.1. The van der Waals surface area contributed by atoms with Gasteiger partial charge in [-0.2, -0.15) is 0 Å². The Labute approximate surface area is 61.4 Å². The third-order valence-corrected chi connectivity index (χ3v) is 1.02. The fourth-order valence-corrected chi connectivity index (χ4v) is 0.394. The summed E-state index contributed by atoms with van der Waals surface area (Å²) in [5, 5.41) is 2.64. The number of thiocarbonyl (C=S) groups is 1. The monoisotopic (exact) mass is 165 g/mol. The Morgan fingerprint density at radius 1 is 1.89 bits per heavy atom. The Morgan fingerprint density at radius 3 is 2.78 bits per heavy atom. The largest absolute Gasteiger partial charge is 0.450 e. The van der Waals surface area contributed by atoms with E-state index in [2.05, 4.69) is 22.1 Å². The Bertz CT molecular complexity index is 128. The first-order valence-corrected chi connectivity index (χ1v) is 3.18. The molecular weight excluding hydrogens is 157 g/mol. The van der Waals surface area contributed by atoms with Crippen LogP contribution < -0.4 is 5.32 Å². The van der Waals surface area contributed by atoms with Gasteiger partial charge >= 0.3 is 5.97 Å². The summed E-state index contributed by atoms with van der Waals surface area (Å²) >= 11 is 4.64. The Kier molecular flexibility index (Phi) is 4.54. The summed E-state index contributed by atoms with van der Waals surface area (Å²) in [6, 6.07) is 0. The third kappa shape index (κ3) is 5.66. The van der Waals surface area contributed by atoms with Gasteiger partial charge in [0.15, 0.2) is 0 Å². The van der Waals surface area contributed by atoms with Crippen molar-refractivity contribution in [2.75, 3.05) is 6.54 Å². The van der Waals surface area contributed by atoms with Gasteiger partial charge in [-0.3, -0.25) is 0 Å². The van der Waals surface area contributed by atoms with Gasteiger partial charge in [-0.1, -0.05) is 12.2 Å². The molecular formula is C4H8NO2PS. The van der Waals surface area contributed by atoms with E-state index in [1.54, 1.807) is 6.92 Å². The predicted molar refractivity (Wildman–Crippen MR) is 42.1 cm³/mol. The third-order valence-electron chi connectivity index (χ3n) is 0.613. The first-order chi connectivity index (χ1) is 4.16. The number of nitrogens with one attached hydrogen (secondary N) is 1. The molecule has 0 saturated heterocycles. The minimum absolute atomic E-state index is 0.138. The van der Waals surface area contributed by atoms with Gasteiger partial charge in [-0.25, -0.2) is 4.79 Å². The van der Waals surface area contributed by atoms with Crippen LogP contribution in [0.5, 0.6) is 0 Å². The Hall–Kier alpha value is -0.210.